The normalized spacial score (nSPS) is 14.6. The third kappa shape index (κ3) is 3.10. The number of nitrogens with two attached hydrogens (primary N) is 1. The van der Waals surface area contributed by atoms with Crippen LogP contribution in [-0.4, -0.2) is 0 Å². The molecule has 1 atom stereocenters. The zero-order valence-corrected chi connectivity index (χ0v) is 12.6. The first-order chi connectivity index (χ1) is 7.99. The van der Waals surface area contributed by atoms with E-state index in [1.54, 1.807) is 11.3 Å². The van der Waals surface area contributed by atoms with Gasteiger partial charge in [-0.15, -0.1) is 0 Å². The number of halogens is 2. The molecule has 0 fully saturated rings. The van der Waals surface area contributed by atoms with Crippen LogP contribution in [0.2, 0.25) is 5.02 Å². The zero-order chi connectivity index (χ0) is 12.5. The first-order valence-corrected chi connectivity index (χ1v) is 7.36. The molecule has 17 heavy (non-hydrogen) atoms. The van der Waals surface area contributed by atoms with Gasteiger partial charge in [0.1, 0.15) is 0 Å². The smallest absolute Gasteiger partial charge is 0.0467 e. The molecule has 1 nitrogen and oxygen atoms in total. The summed E-state index contributed by atoms with van der Waals surface area (Å²) >= 11 is 11.3. The van der Waals surface area contributed by atoms with Crippen LogP contribution in [0, 0.1) is 0 Å². The van der Waals surface area contributed by atoms with Gasteiger partial charge in [0.15, 0.2) is 0 Å². The van der Waals surface area contributed by atoms with Crippen LogP contribution in [0.25, 0.3) is 0 Å². The summed E-state index contributed by atoms with van der Waals surface area (Å²) in [5.74, 6) is 0. The molecule has 0 bridgehead atoms. The standard InChI is InChI=1S/C13H13BrClNS/c1-13(16,7-9-4-5-17-8-9)11-3-2-10(14)6-12(11)15/h2-6,8H,7,16H2,1H3. The Morgan fingerprint density at radius 1 is 1.41 bits per heavy atom. The van der Waals surface area contributed by atoms with E-state index in [-0.39, 0.29) is 0 Å². The van der Waals surface area contributed by atoms with E-state index in [0.717, 1.165) is 16.5 Å². The molecular formula is C13H13BrClNS. The second kappa shape index (κ2) is 5.11. The molecule has 1 aromatic heterocycles. The number of rotatable bonds is 3. The van der Waals surface area contributed by atoms with Crippen molar-refractivity contribution in [3.05, 3.63) is 55.6 Å². The highest BCUT2D eigenvalue weighted by Gasteiger charge is 2.24. The van der Waals surface area contributed by atoms with Crippen molar-refractivity contribution in [3.8, 4) is 0 Å². The minimum absolute atomic E-state index is 0.446. The van der Waals surface area contributed by atoms with E-state index in [0.29, 0.717) is 5.02 Å². The second-order valence-electron chi connectivity index (χ2n) is 4.35. The molecule has 1 aromatic carbocycles. The highest BCUT2D eigenvalue weighted by atomic mass is 79.9. The number of hydrogen-bond donors (Lipinski definition) is 1. The SMILES string of the molecule is CC(N)(Cc1ccsc1)c1ccc(Br)cc1Cl. The molecule has 90 valence electrons. The van der Waals surface area contributed by atoms with Crippen molar-refractivity contribution in [2.75, 3.05) is 0 Å². The summed E-state index contributed by atoms with van der Waals surface area (Å²) in [6, 6.07) is 7.94. The molecule has 1 unspecified atom stereocenters. The Kier molecular flexibility index (Phi) is 3.93. The maximum atomic E-state index is 6.39. The molecule has 0 aliphatic carbocycles. The van der Waals surface area contributed by atoms with Crippen LogP contribution >= 0.6 is 38.9 Å². The molecule has 0 saturated carbocycles. The molecule has 0 saturated heterocycles. The lowest BCUT2D eigenvalue weighted by atomic mass is 9.87. The third-order valence-corrected chi connectivity index (χ3v) is 4.24. The van der Waals surface area contributed by atoms with Crippen molar-refractivity contribution in [2.24, 2.45) is 5.73 Å². The Morgan fingerprint density at radius 2 is 2.18 bits per heavy atom. The van der Waals surface area contributed by atoms with Crippen LogP contribution in [0.4, 0.5) is 0 Å². The van der Waals surface area contributed by atoms with E-state index in [1.807, 2.05) is 25.1 Å². The average Bonchev–Trinajstić information content (AvgIpc) is 2.68. The lowest BCUT2D eigenvalue weighted by Gasteiger charge is -2.26. The van der Waals surface area contributed by atoms with Gasteiger partial charge in [0.05, 0.1) is 0 Å². The maximum absolute atomic E-state index is 6.39. The molecule has 0 radical (unpaired) electrons. The van der Waals surface area contributed by atoms with Crippen molar-refractivity contribution in [1.29, 1.82) is 0 Å². The highest BCUT2D eigenvalue weighted by molar-refractivity contribution is 9.10. The Balaban J connectivity index is 2.30. The number of hydrogen-bond acceptors (Lipinski definition) is 2. The molecular weight excluding hydrogens is 318 g/mol. The average molecular weight is 331 g/mol. The van der Waals surface area contributed by atoms with Crippen LogP contribution in [0.15, 0.2) is 39.5 Å². The minimum atomic E-state index is -0.446. The van der Waals surface area contributed by atoms with Crippen molar-refractivity contribution < 1.29 is 0 Å². The summed E-state index contributed by atoms with van der Waals surface area (Å²) in [6.45, 7) is 2.01. The Morgan fingerprint density at radius 3 is 2.76 bits per heavy atom. The van der Waals surface area contributed by atoms with Crippen molar-refractivity contribution in [2.45, 2.75) is 18.9 Å². The summed E-state index contributed by atoms with van der Waals surface area (Å²) in [7, 11) is 0. The molecule has 0 spiro atoms. The first kappa shape index (κ1) is 13.1. The summed E-state index contributed by atoms with van der Waals surface area (Å²) in [5, 5.41) is 4.89. The lowest BCUT2D eigenvalue weighted by molar-refractivity contribution is 0.492. The van der Waals surface area contributed by atoms with Gasteiger partial charge in [0, 0.05) is 15.0 Å². The monoisotopic (exact) mass is 329 g/mol. The molecule has 0 aliphatic heterocycles. The van der Waals surface area contributed by atoms with Gasteiger partial charge in [0.25, 0.3) is 0 Å². The van der Waals surface area contributed by atoms with E-state index in [1.165, 1.54) is 5.56 Å². The summed E-state index contributed by atoms with van der Waals surface area (Å²) in [4.78, 5) is 0. The van der Waals surface area contributed by atoms with E-state index in [2.05, 4.69) is 32.8 Å². The Bertz CT molecular complexity index is 508. The van der Waals surface area contributed by atoms with E-state index >= 15 is 0 Å². The first-order valence-electron chi connectivity index (χ1n) is 5.24. The largest absolute Gasteiger partial charge is 0.321 e. The lowest BCUT2D eigenvalue weighted by Crippen LogP contribution is -2.35. The summed E-state index contributed by atoms with van der Waals surface area (Å²) in [5.41, 5.74) is 8.17. The van der Waals surface area contributed by atoms with Gasteiger partial charge in [-0.3, -0.25) is 0 Å². The second-order valence-corrected chi connectivity index (χ2v) is 6.45. The molecule has 0 amide bonds. The summed E-state index contributed by atoms with van der Waals surface area (Å²) in [6.07, 6.45) is 0.790. The number of thiophene rings is 1. The quantitative estimate of drug-likeness (QED) is 0.876. The van der Waals surface area contributed by atoms with Crippen LogP contribution in [0.3, 0.4) is 0 Å². The van der Waals surface area contributed by atoms with Crippen molar-refractivity contribution >= 4 is 38.9 Å². The fourth-order valence-electron chi connectivity index (χ4n) is 1.87. The molecule has 4 heteroatoms. The van der Waals surface area contributed by atoms with Crippen LogP contribution in [0.1, 0.15) is 18.1 Å². The fraction of sp³-hybridized carbons (Fsp3) is 0.231. The van der Waals surface area contributed by atoms with Crippen molar-refractivity contribution in [3.63, 3.8) is 0 Å². The van der Waals surface area contributed by atoms with E-state index < -0.39 is 5.54 Å². The summed E-state index contributed by atoms with van der Waals surface area (Å²) < 4.78 is 0.970. The van der Waals surface area contributed by atoms with E-state index in [9.17, 15) is 0 Å². The third-order valence-electron chi connectivity index (χ3n) is 2.70. The topological polar surface area (TPSA) is 26.0 Å². The van der Waals surface area contributed by atoms with Crippen molar-refractivity contribution in [1.82, 2.24) is 0 Å². The molecule has 2 aromatic rings. The zero-order valence-electron chi connectivity index (χ0n) is 9.41. The highest BCUT2D eigenvalue weighted by Crippen LogP contribution is 2.31. The van der Waals surface area contributed by atoms with Crippen LogP contribution < -0.4 is 5.73 Å². The minimum Gasteiger partial charge on any atom is -0.321 e. The fourth-order valence-corrected chi connectivity index (χ4v) is 3.42. The predicted molar refractivity (Wildman–Crippen MR) is 78.7 cm³/mol. The van der Waals surface area contributed by atoms with Crippen LogP contribution in [0.5, 0.6) is 0 Å². The van der Waals surface area contributed by atoms with Gasteiger partial charge >= 0.3 is 0 Å². The predicted octanol–water partition coefficient (Wildman–Crippen LogP) is 4.58. The Labute approximate surface area is 119 Å². The molecule has 2 rings (SSSR count). The molecule has 0 aliphatic rings. The van der Waals surface area contributed by atoms with Gasteiger partial charge in [0.2, 0.25) is 0 Å². The van der Waals surface area contributed by atoms with Gasteiger partial charge in [-0.2, -0.15) is 11.3 Å². The van der Waals surface area contributed by atoms with E-state index in [4.69, 9.17) is 17.3 Å². The van der Waals surface area contributed by atoms with Gasteiger partial charge < -0.3 is 5.73 Å². The Hall–Kier alpha value is -0.350. The molecule has 2 N–H and O–H groups in total. The van der Waals surface area contributed by atoms with Gasteiger partial charge in [-0.05, 0) is 53.4 Å². The maximum Gasteiger partial charge on any atom is 0.0467 e. The van der Waals surface area contributed by atoms with Gasteiger partial charge in [-0.1, -0.05) is 33.6 Å². The van der Waals surface area contributed by atoms with Gasteiger partial charge in [-0.25, -0.2) is 0 Å². The van der Waals surface area contributed by atoms with Crippen LogP contribution in [-0.2, 0) is 12.0 Å². The molecule has 1 heterocycles. The number of benzene rings is 1.